The van der Waals surface area contributed by atoms with Crippen molar-refractivity contribution in [3.05, 3.63) is 83.7 Å². The van der Waals surface area contributed by atoms with Crippen LogP contribution in [0.2, 0.25) is 0 Å². The third-order valence-electron chi connectivity index (χ3n) is 2.47. The van der Waals surface area contributed by atoms with Gasteiger partial charge in [0, 0.05) is 0 Å². The molecule has 0 N–H and O–H groups in total. The van der Waals surface area contributed by atoms with E-state index in [1.165, 1.54) is 0 Å². The Balaban J connectivity index is 2.47. The van der Waals surface area contributed by atoms with Crippen LogP contribution in [-0.4, -0.2) is 0 Å². The van der Waals surface area contributed by atoms with Crippen LogP contribution in [-0.2, 0) is 0 Å². The molecule has 2 aromatic carbocycles. The lowest BCUT2D eigenvalue weighted by Crippen LogP contribution is -1.85. The van der Waals surface area contributed by atoms with Crippen molar-refractivity contribution in [1.82, 2.24) is 0 Å². The topological polar surface area (TPSA) is 4.36 Å². The summed E-state index contributed by atoms with van der Waals surface area (Å²) in [7, 11) is 0. The lowest BCUT2D eigenvalue weighted by molar-refractivity contribution is 1.56. The van der Waals surface area contributed by atoms with Gasteiger partial charge in [0.2, 0.25) is 0 Å². The van der Waals surface area contributed by atoms with E-state index in [4.69, 9.17) is 6.57 Å². The number of hydrogen-bond donors (Lipinski definition) is 0. The highest BCUT2D eigenvalue weighted by atomic mass is 14.6. The first-order chi connectivity index (χ1) is 7.83. The minimum absolute atomic E-state index is 0.649. The lowest BCUT2D eigenvalue weighted by atomic mass is 9.98. The summed E-state index contributed by atoms with van der Waals surface area (Å²) >= 11 is 0. The van der Waals surface area contributed by atoms with Gasteiger partial charge < -0.3 is 0 Å². The highest BCUT2D eigenvalue weighted by Gasteiger charge is 2.06. The maximum Gasteiger partial charge on any atom is 0.194 e. The van der Waals surface area contributed by atoms with Gasteiger partial charge in [-0.1, -0.05) is 61.2 Å². The molecule has 0 radical (unpaired) electrons. The first kappa shape index (κ1) is 10.2. The summed E-state index contributed by atoms with van der Waals surface area (Å²) in [6.45, 7) is 11.2. The molecule has 0 bridgehead atoms. The van der Waals surface area contributed by atoms with Crippen LogP contribution in [0.1, 0.15) is 11.1 Å². The molecule has 0 unspecified atom stereocenters. The van der Waals surface area contributed by atoms with E-state index in [1.807, 2.05) is 54.6 Å². The molecule has 2 aromatic rings. The van der Waals surface area contributed by atoms with E-state index in [2.05, 4.69) is 11.4 Å². The number of para-hydroxylation sites is 1. The maximum absolute atomic E-state index is 7.12. The van der Waals surface area contributed by atoms with Crippen molar-refractivity contribution < 1.29 is 0 Å². The van der Waals surface area contributed by atoms with Crippen molar-refractivity contribution in [2.24, 2.45) is 0 Å². The molecule has 1 nitrogen and oxygen atoms in total. The molecule has 0 atom stereocenters. The first-order valence-corrected chi connectivity index (χ1v) is 5.04. The lowest BCUT2D eigenvalue weighted by Gasteiger charge is -2.07. The van der Waals surface area contributed by atoms with Gasteiger partial charge in [-0.2, -0.15) is 0 Å². The van der Waals surface area contributed by atoms with Crippen molar-refractivity contribution in [3.8, 4) is 0 Å². The summed E-state index contributed by atoms with van der Waals surface area (Å²) in [5.41, 5.74) is 3.51. The maximum atomic E-state index is 7.12. The van der Waals surface area contributed by atoms with E-state index in [-0.39, 0.29) is 0 Å². The van der Waals surface area contributed by atoms with Crippen LogP contribution in [0.5, 0.6) is 0 Å². The predicted octanol–water partition coefficient (Wildman–Crippen LogP) is 4.30. The Labute approximate surface area is 95.5 Å². The molecular formula is C15H11N. The number of rotatable bonds is 2. The number of benzene rings is 2. The molecule has 0 aromatic heterocycles. The van der Waals surface area contributed by atoms with Gasteiger partial charge in [-0.05, 0) is 16.7 Å². The quantitative estimate of drug-likeness (QED) is 0.644. The molecule has 16 heavy (non-hydrogen) atoms. The fourth-order valence-electron chi connectivity index (χ4n) is 1.62. The van der Waals surface area contributed by atoms with E-state index in [0.29, 0.717) is 5.69 Å². The fourth-order valence-corrected chi connectivity index (χ4v) is 1.62. The van der Waals surface area contributed by atoms with E-state index >= 15 is 0 Å². The monoisotopic (exact) mass is 205 g/mol. The summed E-state index contributed by atoms with van der Waals surface area (Å²) in [6.07, 6.45) is 0. The van der Waals surface area contributed by atoms with Crippen LogP contribution in [0.3, 0.4) is 0 Å². The standard InChI is InChI=1S/C15H11N/c1-12(13-8-4-3-5-9-13)14-10-6-7-11-15(14)16-2/h3-11H,1H2. The van der Waals surface area contributed by atoms with Crippen molar-refractivity contribution in [1.29, 1.82) is 0 Å². The van der Waals surface area contributed by atoms with Crippen LogP contribution in [0.15, 0.2) is 61.2 Å². The molecular weight excluding hydrogens is 194 g/mol. The second kappa shape index (κ2) is 4.46. The fraction of sp³-hybridized carbons (Fsp3) is 0. The number of hydrogen-bond acceptors (Lipinski definition) is 0. The van der Waals surface area contributed by atoms with Crippen LogP contribution < -0.4 is 0 Å². The predicted molar refractivity (Wildman–Crippen MR) is 67.3 cm³/mol. The van der Waals surface area contributed by atoms with Gasteiger partial charge in [-0.15, -0.1) is 0 Å². The molecule has 0 saturated heterocycles. The highest BCUT2D eigenvalue weighted by molar-refractivity contribution is 5.84. The first-order valence-electron chi connectivity index (χ1n) is 5.04. The number of nitrogens with zero attached hydrogens (tertiary/aromatic N) is 1. The highest BCUT2D eigenvalue weighted by Crippen LogP contribution is 2.29. The molecule has 0 fully saturated rings. The van der Waals surface area contributed by atoms with E-state index in [9.17, 15) is 0 Å². The molecule has 0 amide bonds. The normalized spacial score (nSPS) is 9.44. The summed E-state index contributed by atoms with van der Waals surface area (Å²) in [4.78, 5) is 3.51. The molecule has 0 aliphatic heterocycles. The Morgan fingerprint density at radius 1 is 0.938 bits per heavy atom. The Hall–Kier alpha value is -2.33. The molecule has 0 aliphatic rings. The third kappa shape index (κ3) is 1.87. The van der Waals surface area contributed by atoms with Gasteiger partial charge in [0.25, 0.3) is 0 Å². The Kier molecular flexibility index (Phi) is 2.84. The molecule has 0 spiro atoms. The molecule has 0 saturated carbocycles. The SMILES string of the molecule is [C-]#[N+]c1ccccc1C(=C)c1ccccc1. The molecule has 0 heterocycles. The van der Waals surface area contributed by atoms with Crippen LogP contribution >= 0.6 is 0 Å². The third-order valence-corrected chi connectivity index (χ3v) is 2.47. The van der Waals surface area contributed by atoms with Gasteiger partial charge in [0.15, 0.2) is 5.69 Å². The Morgan fingerprint density at radius 3 is 2.25 bits per heavy atom. The van der Waals surface area contributed by atoms with Crippen molar-refractivity contribution in [2.75, 3.05) is 0 Å². The minimum atomic E-state index is 0.649. The van der Waals surface area contributed by atoms with Gasteiger partial charge in [0.1, 0.15) is 0 Å². The molecule has 2 rings (SSSR count). The van der Waals surface area contributed by atoms with Gasteiger partial charge in [-0.25, -0.2) is 4.85 Å². The molecule has 0 aliphatic carbocycles. The zero-order valence-corrected chi connectivity index (χ0v) is 8.85. The van der Waals surface area contributed by atoms with Gasteiger partial charge >= 0.3 is 0 Å². The molecule has 76 valence electrons. The zero-order chi connectivity index (χ0) is 11.4. The van der Waals surface area contributed by atoms with Crippen molar-refractivity contribution >= 4 is 11.3 Å². The average molecular weight is 205 g/mol. The second-order valence-corrected chi connectivity index (χ2v) is 3.47. The summed E-state index contributed by atoms with van der Waals surface area (Å²) in [5, 5.41) is 0. The Morgan fingerprint density at radius 2 is 1.56 bits per heavy atom. The average Bonchev–Trinajstić information content (AvgIpc) is 2.39. The molecule has 1 heteroatoms. The van der Waals surface area contributed by atoms with Gasteiger partial charge in [0.05, 0.1) is 6.57 Å². The minimum Gasteiger partial charge on any atom is -0.238 e. The van der Waals surface area contributed by atoms with Crippen LogP contribution in [0.25, 0.3) is 10.4 Å². The zero-order valence-electron chi connectivity index (χ0n) is 8.85. The summed E-state index contributed by atoms with van der Waals surface area (Å²) in [6, 6.07) is 17.5. The van der Waals surface area contributed by atoms with Crippen LogP contribution in [0, 0.1) is 6.57 Å². The smallest absolute Gasteiger partial charge is 0.194 e. The van der Waals surface area contributed by atoms with E-state index in [1.54, 1.807) is 0 Å². The Bertz CT molecular complexity index is 547. The second-order valence-electron chi connectivity index (χ2n) is 3.47. The van der Waals surface area contributed by atoms with Crippen molar-refractivity contribution in [2.45, 2.75) is 0 Å². The van der Waals surface area contributed by atoms with Crippen molar-refractivity contribution in [3.63, 3.8) is 0 Å². The summed E-state index contributed by atoms with van der Waals surface area (Å²) < 4.78 is 0. The summed E-state index contributed by atoms with van der Waals surface area (Å²) in [5.74, 6) is 0. The largest absolute Gasteiger partial charge is 0.238 e. The van der Waals surface area contributed by atoms with E-state index < -0.39 is 0 Å². The van der Waals surface area contributed by atoms with E-state index in [0.717, 1.165) is 16.7 Å². The van der Waals surface area contributed by atoms with Crippen LogP contribution in [0.4, 0.5) is 5.69 Å². The van der Waals surface area contributed by atoms with Gasteiger partial charge in [-0.3, -0.25) is 0 Å².